The Bertz CT molecular complexity index is 1090. The van der Waals surface area contributed by atoms with E-state index in [0.29, 0.717) is 28.8 Å². The first-order valence-corrected chi connectivity index (χ1v) is 11.7. The lowest BCUT2D eigenvalue weighted by Gasteiger charge is -2.15. The Hall–Kier alpha value is -2.45. The molecule has 3 aromatic carbocycles. The molecule has 32 heavy (non-hydrogen) atoms. The number of nitrogens with one attached hydrogen (secondary N) is 2. The molecule has 2 N–H and O–H groups in total. The van der Waals surface area contributed by atoms with E-state index in [0.717, 1.165) is 26.8 Å². The van der Waals surface area contributed by atoms with E-state index >= 15 is 0 Å². The smallest absolute Gasteiger partial charge is 0.262 e. The van der Waals surface area contributed by atoms with Crippen molar-refractivity contribution in [1.82, 2.24) is 0 Å². The number of methoxy groups -OCH3 is 1. The quantitative estimate of drug-likeness (QED) is 0.293. The molecule has 0 unspecified atom stereocenters. The van der Waals surface area contributed by atoms with Gasteiger partial charge in [0, 0.05) is 22.9 Å². The van der Waals surface area contributed by atoms with Crippen LogP contribution < -0.4 is 20.1 Å². The maximum Gasteiger partial charge on any atom is 0.262 e. The van der Waals surface area contributed by atoms with Crippen LogP contribution in [0.15, 0.2) is 54.6 Å². The standard InChI is InChI=1S/C25H26ClIN2O3/c1-4-17-6-9-19(10-7-17)28-14-18-11-22(27)25(23(12-18)31-3)32-15-24(30)29-20-8-5-16(2)21(26)13-20/h5-13,28H,4,14-15H2,1-3H3,(H,29,30). The van der Waals surface area contributed by atoms with Crippen LogP contribution in [0.4, 0.5) is 11.4 Å². The molecule has 1 amide bonds. The van der Waals surface area contributed by atoms with Gasteiger partial charge in [-0.15, -0.1) is 0 Å². The average molecular weight is 565 g/mol. The number of carbonyl (C=O) groups excluding carboxylic acids is 1. The number of anilines is 2. The minimum Gasteiger partial charge on any atom is -0.493 e. The summed E-state index contributed by atoms with van der Waals surface area (Å²) in [5.41, 5.74) is 5.00. The van der Waals surface area contributed by atoms with Gasteiger partial charge in [0.15, 0.2) is 18.1 Å². The van der Waals surface area contributed by atoms with Crippen LogP contribution in [0.2, 0.25) is 5.02 Å². The molecule has 5 nitrogen and oxygen atoms in total. The number of aryl methyl sites for hydroxylation is 2. The zero-order valence-corrected chi connectivity index (χ0v) is 21.2. The van der Waals surface area contributed by atoms with Gasteiger partial charge in [0.05, 0.1) is 10.7 Å². The van der Waals surface area contributed by atoms with Crippen LogP contribution in [0, 0.1) is 10.5 Å². The molecule has 0 radical (unpaired) electrons. The third-order valence-corrected chi connectivity index (χ3v) is 6.16. The lowest BCUT2D eigenvalue weighted by Crippen LogP contribution is -2.20. The van der Waals surface area contributed by atoms with Gasteiger partial charge in [0.1, 0.15) is 0 Å². The van der Waals surface area contributed by atoms with Gasteiger partial charge in [-0.3, -0.25) is 4.79 Å². The number of halogens is 2. The van der Waals surface area contributed by atoms with Crippen molar-refractivity contribution in [2.24, 2.45) is 0 Å². The molecule has 0 aliphatic carbocycles. The Balaban J connectivity index is 1.62. The SMILES string of the molecule is CCc1ccc(NCc2cc(I)c(OCC(=O)Nc3ccc(C)c(Cl)c3)c(OC)c2)cc1. The monoisotopic (exact) mass is 564 g/mol. The third kappa shape index (κ3) is 6.53. The largest absolute Gasteiger partial charge is 0.493 e. The molecule has 7 heteroatoms. The molecular weight excluding hydrogens is 539 g/mol. The Morgan fingerprint density at radius 1 is 1.03 bits per heavy atom. The number of ether oxygens (including phenoxy) is 2. The van der Waals surface area contributed by atoms with Crippen LogP contribution >= 0.6 is 34.2 Å². The molecule has 168 valence electrons. The number of hydrogen-bond acceptors (Lipinski definition) is 4. The second kappa shape index (κ2) is 11.4. The molecule has 0 heterocycles. The van der Waals surface area contributed by atoms with Crippen molar-refractivity contribution < 1.29 is 14.3 Å². The van der Waals surface area contributed by atoms with Crippen molar-refractivity contribution in [2.75, 3.05) is 24.4 Å². The van der Waals surface area contributed by atoms with Crippen molar-refractivity contribution in [3.8, 4) is 11.5 Å². The fourth-order valence-corrected chi connectivity index (χ4v) is 4.09. The van der Waals surface area contributed by atoms with E-state index < -0.39 is 0 Å². The van der Waals surface area contributed by atoms with Crippen LogP contribution in [0.5, 0.6) is 11.5 Å². The second-order valence-electron chi connectivity index (χ2n) is 7.31. The minimum atomic E-state index is -0.274. The first kappa shape index (κ1) is 24.2. The Labute approximate surface area is 207 Å². The second-order valence-corrected chi connectivity index (χ2v) is 8.88. The van der Waals surface area contributed by atoms with Crippen LogP contribution in [-0.2, 0) is 17.8 Å². The van der Waals surface area contributed by atoms with E-state index in [2.05, 4.69) is 64.4 Å². The lowest BCUT2D eigenvalue weighted by atomic mass is 10.1. The van der Waals surface area contributed by atoms with E-state index in [1.54, 1.807) is 19.2 Å². The molecule has 0 aromatic heterocycles. The summed E-state index contributed by atoms with van der Waals surface area (Å²) in [7, 11) is 1.59. The summed E-state index contributed by atoms with van der Waals surface area (Å²) >= 11 is 8.31. The molecule has 0 saturated heterocycles. The van der Waals surface area contributed by atoms with Crippen molar-refractivity contribution in [3.05, 3.63) is 79.9 Å². The molecule has 0 aliphatic heterocycles. The molecule has 0 atom stereocenters. The van der Waals surface area contributed by atoms with Gasteiger partial charge in [0.25, 0.3) is 5.91 Å². The maximum atomic E-state index is 12.3. The zero-order valence-electron chi connectivity index (χ0n) is 18.3. The van der Waals surface area contributed by atoms with E-state index in [9.17, 15) is 4.79 Å². The minimum absolute atomic E-state index is 0.140. The van der Waals surface area contributed by atoms with Gasteiger partial charge in [-0.2, -0.15) is 0 Å². The van der Waals surface area contributed by atoms with Crippen LogP contribution in [0.25, 0.3) is 0 Å². The highest BCUT2D eigenvalue weighted by atomic mass is 127. The molecule has 3 aromatic rings. The average Bonchev–Trinajstić information content (AvgIpc) is 2.79. The van der Waals surface area contributed by atoms with Crippen molar-refractivity contribution in [2.45, 2.75) is 26.8 Å². The van der Waals surface area contributed by atoms with Crippen molar-refractivity contribution in [3.63, 3.8) is 0 Å². The van der Waals surface area contributed by atoms with Gasteiger partial charge in [-0.1, -0.05) is 36.7 Å². The van der Waals surface area contributed by atoms with Crippen LogP contribution in [0.3, 0.4) is 0 Å². The molecule has 0 bridgehead atoms. The van der Waals surface area contributed by atoms with Crippen LogP contribution in [0.1, 0.15) is 23.6 Å². The number of rotatable bonds is 9. The molecule has 0 saturated carbocycles. The summed E-state index contributed by atoms with van der Waals surface area (Å²) in [4.78, 5) is 12.3. The van der Waals surface area contributed by atoms with Crippen molar-refractivity contribution in [1.29, 1.82) is 0 Å². The highest BCUT2D eigenvalue weighted by Gasteiger charge is 2.14. The highest BCUT2D eigenvalue weighted by molar-refractivity contribution is 14.1. The molecule has 0 spiro atoms. The van der Waals surface area contributed by atoms with Gasteiger partial charge in [0.2, 0.25) is 0 Å². The topological polar surface area (TPSA) is 59.6 Å². The Morgan fingerprint density at radius 2 is 1.75 bits per heavy atom. The van der Waals surface area contributed by atoms with Gasteiger partial charge >= 0.3 is 0 Å². The van der Waals surface area contributed by atoms with Crippen LogP contribution in [-0.4, -0.2) is 19.6 Å². The van der Waals surface area contributed by atoms with E-state index in [1.807, 2.05) is 25.1 Å². The first-order chi connectivity index (χ1) is 15.4. The first-order valence-electron chi connectivity index (χ1n) is 10.3. The van der Waals surface area contributed by atoms with E-state index in [-0.39, 0.29) is 12.5 Å². The van der Waals surface area contributed by atoms with Gasteiger partial charge in [-0.25, -0.2) is 0 Å². The predicted octanol–water partition coefficient (Wildman–Crippen LogP) is 6.45. The number of carbonyl (C=O) groups is 1. The van der Waals surface area contributed by atoms with Gasteiger partial charge < -0.3 is 20.1 Å². The number of benzene rings is 3. The maximum absolute atomic E-state index is 12.3. The summed E-state index contributed by atoms with van der Waals surface area (Å²) in [5.74, 6) is 0.853. The lowest BCUT2D eigenvalue weighted by molar-refractivity contribution is -0.118. The molecular formula is C25H26ClIN2O3. The fraction of sp³-hybridized carbons (Fsp3) is 0.240. The normalized spacial score (nSPS) is 10.5. The summed E-state index contributed by atoms with van der Waals surface area (Å²) in [6.07, 6.45) is 1.02. The summed E-state index contributed by atoms with van der Waals surface area (Å²) < 4.78 is 12.2. The number of amides is 1. The zero-order chi connectivity index (χ0) is 23.1. The van der Waals surface area contributed by atoms with E-state index in [1.165, 1.54) is 5.56 Å². The third-order valence-electron chi connectivity index (χ3n) is 4.95. The fourth-order valence-electron chi connectivity index (χ4n) is 3.08. The van der Waals surface area contributed by atoms with Crippen molar-refractivity contribution >= 4 is 51.5 Å². The number of hydrogen-bond donors (Lipinski definition) is 2. The summed E-state index contributed by atoms with van der Waals surface area (Å²) in [6.45, 7) is 4.56. The molecule has 0 fully saturated rings. The van der Waals surface area contributed by atoms with E-state index in [4.69, 9.17) is 21.1 Å². The Morgan fingerprint density at radius 3 is 2.41 bits per heavy atom. The molecule has 3 rings (SSSR count). The predicted molar refractivity (Wildman–Crippen MR) is 139 cm³/mol. The van der Waals surface area contributed by atoms with Gasteiger partial charge in [-0.05, 0) is 89.0 Å². The highest BCUT2D eigenvalue weighted by Crippen LogP contribution is 2.34. The Kier molecular flexibility index (Phi) is 8.64. The summed E-state index contributed by atoms with van der Waals surface area (Å²) in [6, 6.07) is 17.7. The molecule has 0 aliphatic rings. The summed E-state index contributed by atoms with van der Waals surface area (Å²) in [5, 5.41) is 6.82.